The van der Waals surface area contributed by atoms with E-state index in [1.54, 1.807) is 0 Å². The number of hydrogen-bond donors (Lipinski definition) is 4. The fourth-order valence-electron chi connectivity index (χ4n) is 1.32. The van der Waals surface area contributed by atoms with Crippen molar-refractivity contribution >= 4 is 49.8 Å². The van der Waals surface area contributed by atoms with Crippen LogP contribution < -0.4 is 0 Å². The third-order valence-electron chi connectivity index (χ3n) is 2.48. The quantitative estimate of drug-likeness (QED) is 0.154. The Morgan fingerprint density at radius 2 is 1.14 bits per heavy atom. The molecule has 4 N–H and O–H groups in total. The minimum atomic E-state index is -4.73. The van der Waals surface area contributed by atoms with Gasteiger partial charge in [0, 0.05) is 17.8 Å². The SMILES string of the molecule is O=[N+]([O-])C(CCC(O)S(=O)(=O)O)CCC(O)S(=O)(=O)O.[NaH]. The fourth-order valence-corrected chi connectivity index (χ4v) is 2.19. The third kappa shape index (κ3) is 9.70. The van der Waals surface area contributed by atoms with Crippen LogP contribution in [0, 0.1) is 10.1 Å². The average Bonchev–Trinajstić information content (AvgIpc) is 2.24. The van der Waals surface area contributed by atoms with E-state index >= 15 is 0 Å². The van der Waals surface area contributed by atoms with Gasteiger partial charge in [-0.15, -0.1) is 0 Å². The first-order valence-electron chi connectivity index (χ1n) is 5.28. The van der Waals surface area contributed by atoms with E-state index in [1.165, 1.54) is 0 Å². The number of nitro groups is 1. The Bertz CT molecular complexity index is 490. The van der Waals surface area contributed by atoms with Crippen LogP contribution in [0.25, 0.3) is 0 Å². The first-order valence-corrected chi connectivity index (χ1v) is 8.28. The summed E-state index contributed by atoms with van der Waals surface area (Å²) in [5.74, 6) is 0. The Hall–Kier alpha value is 0.140. The van der Waals surface area contributed by atoms with Crippen LogP contribution >= 0.6 is 0 Å². The molecule has 0 aromatic rings. The van der Waals surface area contributed by atoms with Crippen molar-refractivity contribution in [2.45, 2.75) is 42.6 Å². The van der Waals surface area contributed by atoms with Crippen LogP contribution in [0.1, 0.15) is 25.7 Å². The summed E-state index contributed by atoms with van der Waals surface area (Å²) in [6.45, 7) is 0. The summed E-state index contributed by atoms with van der Waals surface area (Å²) in [6.07, 6.45) is -2.20. The molecule has 2 unspecified atom stereocenters. The van der Waals surface area contributed by atoms with Crippen molar-refractivity contribution in [2.75, 3.05) is 0 Å². The molecule has 2 atom stereocenters. The van der Waals surface area contributed by atoms with E-state index in [0.717, 1.165) is 0 Å². The predicted molar refractivity (Wildman–Crippen MR) is 71.5 cm³/mol. The van der Waals surface area contributed by atoms with Crippen LogP contribution in [-0.4, -0.2) is 87.5 Å². The summed E-state index contributed by atoms with van der Waals surface area (Å²) in [4.78, 5) is 9.80. The number of rotatable bonds is 9. The second-order valence-corrected chi connectivity index (χ2v) is 7.18. The molecular formula is C7H16NNaO10S2. The van der Waals surface area contributed by atoms with Gasteiger partial charge < -0.3 is 10.2 Å². The molecule has 0 heterocycles. The zero-order valence-electron chi connectivity index (χ0n) is 10.1. The molecule has 0 rings (SSSR count). The molecule has 0 aromatic carbocycles. The Morgan fingerprint density at radius 1 is 0.857 bits per heavy atom. The summed E-state index contributed by atoms with van der Waals surface area (Å²) in [5, 5.41) is 28.6. The molecule has 0 saturated carbocycles. The molecule has 0 fully saturated rings. The number of aliphatic hydroxyl groups is 2. The predicted octanol–water partition coefficient (Wildman–Crippen LogP) is -2.04. The van der Waals surface area contributed by atoms with Crippen LogP contribution in [0.5, 0.6) is 0 Å². The number of hydrogen-bond acceptors (Lipinski definition) is 8. The van der Waals surface area contributed by atoms with Crippen molar-refractivity contribution in [3.8, 4) is 0 Å². The molecule has 0 aliphatic rings. The van der Waals surface area contributed by atoms with Gasteiger partial charge in [-0.1, -0.05) is 0 Å². The van der Waals surface area contributed by atoms with Gasteiger partial charge in [0.15, 0.2) is 10.9 Å². The van der Waals surface area contributed by atoms with Crippen molar-refractivity contribution in [1.82, 2.24) is 0 Å². The van der Waals surface area contributed by atoms with Crippen molar-refractivity contribution in [3.63, 3.8) is 0 Å². The molecule has 0 spiro atoms. The Kier molecular flexibility index (Phi) is 10.4. The van der Waals surface area contributed by atoms with E-state index in [2.05, 4.69) is 0 Å². The van der Waals surface area contributed by atoms with Gasteiger partial charge in [-0.05, 0) is 12.8 Å². The Morgan fingerprint density at radius 3 is 1.33 bits per heavy atom. The van der Waals surface area contributed by atoms with Gasteiger partial charge >= 0.3 is 29.6 Å². The molecule has 0 saturated heterocycles. The summed E-state index contributed by atoms with van der Waals surface area (Å²) >= 11 is 0. The third-order valence-corrected chi connectivity index (χ3v) is 4.33. The van der Waals surface area contributed by atoms with E-state index < -0.39 is 67.8 Å². The molecule has 11 nitrogen and oxygen atoms in total. The maximum absolute atomic E-state index is 10.6. The van der Waals surface area contributed by atoms with Crippen LogP contribution in [0.2, 0.25) is 0 Å². The van der Waals surface area contributed by atoms with E-state index in [4.69, 9.17) is 19.3 Å². The first kappa shape index (κ1) is 23.4. The first-order chi connectivity index (χ1) is 8.85. The second-order valence-electron chi connectivity index (χ2n) is 4.03. The minimum absolute atomic E-state index is 0. The molecule has 0 aromatic heterocycles. The molecular weight excluding hydrogens is 345 g/mol. The van der Waals surface area contributed by atoms with Crippen molar-refractivity contribution in [2.24, 2.45) is 0 Å². The monoisotopic (exact) mass is 361 g/mol. The van der Waals surface area contributed by atoms with Crippen LogP contribution in [0.3, 0.4) is 0 Å². The van der Waals surface area contributed by atoms with Gasteiger partial charge in [-0.3, -0.25) is 19.2 Å². The van der Waals surface area contributed by atoms with Gasteiger partial charge in [0.25, 0.3) is 20.2 Å². The van der Waals surface area contributed by atoms with Crippen LogP contribution in [-0.2, 0) is 20.2 Å². The summed E-state index contributed by atoms with van der Waals surface area (Å²) in [7, 11) is -9.46. The Balaban J connectivity index is 0. The van der Waals surface area contributed by atoms with E-state index in [-0.39, 0.29) is 29.6 Å². The number of nitrogens with zero attached hydrogens (tertiary/aromatic N) is 1. The molecule has 21 heavy (non-hydrogen) atoms. The molecule has 0 amide bonds. The van der Waals surface area contributed by atoms with Gasteiger partial charge in [-0.25, -0.2) is 0 Å². The Labute approximate surface area is 143 Å². The van der Waals surface area contributed by atoms with Crippen molar-refractivity contribution < 1.29 is 41.1 Å². The summed E-state index contributed by atoms with van der Waals surface area (Å²) in [6, 6.07) is -1.44. The number of aliphatic hydroxyl groups excluding tert-OH is 2. The summed E-state index contributed by atoms with van der Waals surface area (Å²) in [5.41, 5.74) is -4.37. The van der Waals surface area contributed by atoms with Crippen molar-refractivity contribution in [1.29, 1.82) is 0 Å². The molecule has 14 heteroatoms. The van der Waals surface area contributed by atoms with Gasteiger partial charge in [0.05, 0.1) is 0 Å². The fraction of sp³-hybridized carbons (Fsp3) is 1.00. The van der Waals surface area contributed by atoms with Gasteiger partial charge in [0.1, 0.15) is 0 Å². The summed E-state index contributed by atoms with van der Waals surface area (Å²) < 4.78 is 58.9. The van der Waals surface area contributed by atoms with E-state index in [9.17, 15) is 26.9 Å². The standard InChI is InChI=1S/C7H15NO10S2.Na.H/c9-6(19(13,14)15)3-1-5(8(11)12)2-4-7(10)20(16,17)18;;/h5-7,9-10H,1-4H2,(H,13,14,15)(H,16,17,18);;. The van der Waals surface area contributed by atoms with E-state index in [1.807, 2.05) is 0 Å². The molecule has 0 aliphatic carbocycles. The van der Waals surface area contributed by atoms with Gasteiger partial charge in [-0.2, -0.15) is 16.8 Å². The average molecular weight is 361 g/mol. The zero-order chi connectivity index (χ0) is 16.1. The molecule has 122 valence electrons. The van der Waals surface area contributed by atoms with Crippen LogP contribution in [0.15, 0.2) is 0 Å². The molecule has 0 radical (unpaired) electrons. The normalized spacial score (nSPS) is 16.6. The van der Waals surface area contributed by atoms with E-state index in [0.29, 0.717) is 0 Å². The van der Waals surface area contributed by atoms with Crippen molar-refractivity contribution in [3.05, 3.63) is 10.1 Å². The topological polar surface area (TPSA) is 192 Å². The zero-order valence-corrected chi connectivity index (χ0v) is 11.7. The molecule has 0 bridgehead atoms. The van der Waals surface area contributed by atoms with Crippen LogP contribution in [0.4, 0.5) is 0 Å². The van der Waals surface area contributed by atoms with Gasteiger partial charge in [0.2, 0.25) is 6.04 Å². The maximum atomic E-state index is 10.6. The second kappa shape index (κ2) is 9.32. The molecule has 0 aliphatic heterocycles.